The number of hydrogen-bond donors (Lipinski definition) is 0. The summed E-state index contributed by atoms with van der Waals surface area (Å²) in [6, 6.07) is 16.2. The fourth-order valence-corrected chi connectivity index (χ4v) is 2.60. The topological polar surface area (TPSA) is 20.3 Å². The van der Waals surface area contributed by atoms with Gasteiger partial charge < -0.3 is 4.90 Å². The number of hydrogen-bond acceptors (Lipinski definition) is 1. The number of benzene rings is 2. The monoisotopic (exact) mass is 265 g/mol. The lowest BCUT2D eigenvalue weighted by atomic mass is 9.87. The second-order valence-electron chi connectivity index (χ2n) is 6.35. The van der Waals surface area contributed by atoms with Crippen LogP contribution in [-0.4, -0.2) is 5.91 Å². The van der Waals surface area contributed by atoms with Crippen LogP contribution in [0.2, 0.25) is 0 Å². The Kier molecular flexibility index (Phi) is 2.89. The Balaban J connectivity index is 1.91. The van der Waals surface area contributed by atoms with Crippen molar-refractivity contribution in [3.8, 4) is 0 Å². The van der Waals surface area contributed by atoms with Gasteiger partial charge in [0, 0.05) is 11.3 Å². The number of carbonyl (C=O) groups excluding carboxylic acids is 1. The van der Waals surface area contributed by atoms with E-state index in [0.717, 1.165) is 16.8 Å². The number of anilines is 1. The first-order chi connectivity index (χ1) is 9.47. The summed E-state index contributed by atoms with van der Waals surface area (Å²) in [5.41, 5.74) is 4.32. The molecule has 0 bridgehead atoms. The van der Waals surface area contributed by atoms with E-state index in [9.17, 15) is 4.79 Å². The zero-order chi connectivity index (χ0) is 14.3. The maximum absolute atomic E-state index is 12.4. The van der Waals surface area contributed by atoms with Crippen molar-refractivity contribution in [2.45, 2.75) is 32.7 Å². The molecule has 0 atom stereocenters. The molecule has 0 aromatic heterocycles. The standard InChI is InChI=1S/C18H19NO/c1-18(2,3)14-8-10-15(11-9-14)19-12-13-6-4-5-7-16(13)17(19)20/h4-11H,12H2,1-3H3. The van der Waals surface area contributed by atoms with Crippen molar-refractivity contribution in [1.82, 2.24) is 0 Å². The molecular formula is C18H19NO. The summed E-state index contributed by atoms with van der Waals surface area (Å²) in [7, 11) is 0. The quantitative estimate of drug-likeness (QED) is 0.758. The highest BCUT2D eigenvalue weighted by atomic mass is 16.2. The predicted molar refractivity (Wildman–Crippen MR) is 82.1 cm³/mol. The van der Waals surface area contributed by atoms with Crippen molar-refractivity contribution in [3.63, 3.8) is 0 Å². The largest absolute Gasteiger partial charge is 0.304 e. The highest BCUT2D eigenvalue weighted by Gasteiger charge is 2.28. The first-order valence-electron chi connectivity index (χ1n) is 6.97. The lowest BCUT2D eigenvalue weighted by Gasteiger charge is -2.21. The summed E-state index contributed by atoms with van der Waals surface area (Å²) in [6.45, 7) is 7.25. The van der Waals surface area contributed by atoms with Crippen molar-refractivity contribution in [2.75, 3.05) is 4.90 Å². The van der Waals surface area contributed by atoms with Gasteiger partial charge in [-0.1, -0.05) is 51.1 Å². The Morgan fingerprint density at radius 1 is 0.950 bits per heavy atom. The summed E-state index contributed by atoms with van der Waals surface area (Å²) < 4.78 is 0. The molecule has 0 unspecified atom stereocenters. The minimum Gasteiger partial charge on any atom is -0.304 e. The van der Waals surface area contributed by atoms with Gasteiger partial charge in [0.25, 0.3) is 5.91 Å². The van der Waals surface area contributed by atoms with Crippen LogP contribution in [0.5, 0.6) is 0 Å². The van der Waals surface area contributed by atoms with Crippen molar-refractivity contribution in [2.24, 2.45) is 0 Å². The fourth-order valence-electron chi connectivity index (χ4n) is 2.60. The van der Waals surface area contributed by atoms with Gasteiger partial charge in [0.1, 0.15) is 0 Å². The number of amides is 1. The summed E-state index contributed by atoms with van der Waals surface area (Å²) in [5.74, 6) is 0.101. The summed E-state index contributed by atoms with van der Waals surface area (Å²) in [4.78, 5) is 14.2. The van der Waals surface area contributed by atoms with E-state index in [4.69, 9.17) is 0 Å². The number of rotatable bonds is 1. The van der Waals surface area contributed by atoms with E-state index >= 15 is 0 Å². The molecule has 1 aliphatic rings. The minimum absolute atomic E-state index is 0.101. The molecule has 1 aliphatic heterocycles. The van der Waals surface area contributed by atoms with Crippen LogP contribution in [0, 0.1) is 0 Å². The van der Waals surface area contributed by atoms with E-state index < -0.39 is 0 Å². The molecule has 102 valence electrons. The van der Waals surface area contributed by atoms with Crippen LogP contribution in [0.15, 0.2) is 48.5 Å². The van der Waals surface area contributed by atoms with Gasteiger partial charge in [-0.25, -0.2) is 0 Å². The Bertz CT molecular complexity index is 650. The molecule has 0 saturated carbocycles. The van der Waals surface area contributed by atoms with E-state index in [1.54, 1.807) is 0 Å². The number of fused-ring (bicyclic) bond motifs is 1. The smallest absolute Gasteiger partial charge is 0.258 e. The fraction of sp³-hybridized carbons (Fsp3) is 0.278. The van der Waals surface area contributed by atoms with E-state index in [0.29, 0.717) is 6.54 Å². The molecule has 0 N–H and O–H groups in total. The van der Waals surface area contributed by atoms with Gasteiger partial charge in [0.15, 0.2) is 0 Å². The molecule has 2 heteroatoms. The van der Waals surface area contributed by atoms with Gasteiger partial charge in [-0.15, -0.1) is 0 Å². The molecule has 2 aromatic rings. The Morgan fingerprint density at radius 3 is 2.20 bits per heavy atom. The van der Waals surface area contributed by atoms with E-state index in [1.807, 2.05) is 41.3 Å². The average molecular weight is 265 g/mol. The van der Waals surface area contributed by atoms with Crippen molar-refractivity contribution < 1.29 is 4.79 Å². The molecule has 3 rings (SSSR count). The molecule has 1 amide bonds. The molecule has 2 nitrogen and oxygen atoms in total. The maximum Gasteiger partial charge on any atom is 0.258 e. The van der Waals surface area contributed by atoms with Gasteiger partial charge in [-0.05, 0) is 34.7 Å². The van der Waals surface area contributed by atoms with Crippen LogP contribution < -0.4 is 4.90 Å². The zero-order valence-corrected chi connectivity index (χ0v) is 12.2. The van der Waals surface area contributed by atoms with Crippen LogP contribution >= 0.6 is 0 Å². The van der Waals surface area contributed by atoms with Crippen LogP contribution in [0.1, 0.15) is 42.3 Å². The molecule has 0 saturated heterocycles. The van der Waals surface area contributed by atoms with Crippen molar-refractivity contribution in [1.29, 1.82) is 0 Å². The lowest BCUT2D eigenvalue weighted by Crippen LogP contribution is -2.23. The van der Waals surface area contributed by atoms with Crippen LogP contribution in [0.25, 0.3) is 0 Å². The van der Waals surface area contributed by atoms with Gasteiger partial charge in [-0.3, -0.25) is 4.79 Å². The summed E-state index contributed by atoms with van der Waals surface area (Å²) in [5, 5.41) is 0. The predicted octanol–water partition coefficient (Wildman–Crippen LogP) is 4.14. The molecule has 20 heavy (non-hydrogen) atoms. The van der Waals surface area contributed by atoms with E-state index in [-0.39, 0.29) is 11.3 Å². The molecule has 1 heterocycles. The van der Waals surface area contributed by atoms with Crippen LogP contribution in [-0.2, 0) is 12.0 Å². The van der Waals surface area contributed by atoms with Gasteiger partial charge in [-0.2, -0.15) is 0 Å². The van der Waals surface area contributed by atoms with Gasteiger partial charge in [0.05, 0.1) is 6.54 Å². The van der Waals surface area contributed by atoms with Gasteiger partial charge >= 0.3 is 0 Å². The normalized spacial score (nSPS) is 14.6. The van der Waals surface area contributed by atoms with Gasteiger partial charge in [0.2, 0.25) is 0 Å². The first kappa shape index (κ1) is 12.9. The second kappa shape index (κ2) is 4.48. The highest BCUT2D eigenvalue weighted by Crippen LogP contribution is 2.30. The Labute approximate surface area is 120 Å². The summed E-state index contributed by atoms with van der Waals surface area (Å²) >= 11 is 0. The molecule has 0 radical (unpaired) electrons. The Hall–Kier alpha value is -2.09. The average Bonchev–Trinajstić information content (AvgIpc) is 2.76. The first-order valence-corrected chi connectivity index (χ1v) is 6.97. The van der Waals surface area contributed by atoms with Crippen LogP contribution in [0.3, 0.4) is 0 Å². The molecule has 2 aromatic carbocycles. The number of carbonyl (C=O) groups is 1. The van der Waals surface area contributed by atoms with Crippen molar-refractivity contribution in [3.05, 3.63) is 65.2 Å². The lowest BCUT2D eigenvalue weighted by molar-refractivity contribution is 0.0996. The van der Waals surface area contributed by atoms with E-state index in [1.165, 1.54) is 5.56 Å². The SMILES string of the molecule is CC(C)(C)c1ccc(N2Cc3ccccc3C2=O)cc1. The summed E-state index contributed by atoms with van der Waals surface area (Å²) in [6.07, 6.45) is 0. The molecule has 0 spiro atoms. The Morgan fingerprint density at radius 2 is 1.60 bits per heavy atom. The zero-order valence-electron chi connectivity index (χ0n) is 12.2. The van der Waals surface area contributed by atoms with Crippen molar-refractivity contribution >= 4 is 11.6 Å². The number of nitrogens with zero attached hydrogens (tertiary/aromatic N) is 1. The maximum atomic E-state index is 12.4. The third kappa shape index (κ3) is 2.11. The van der Waals surface area contributed by atoms with E-state index in [2.05, 4.69) is 32.9 Å². The third-order valence-corrected chi connectivity index (χ3v) is 3.87. The highest BCUT2D eigenvalue weighted by molar-refractivity contribution is 6.09. The molecular weight excluding hydrogens is 246 g/mol. The van der Waals surface area contributed by atoms with Crippen LogP contribution in [0.4, 0.5) is 5.69 Å². The second-order valence-corrected chi connectivity index (χ2v) is 6.35. The molecule has 0 fully saturated rings. The molecule has 0 aliphatic carbocycles. The minimum atomic E-state index is 0.101. The third-order valence-electron chi connectivity index (χ3n) is 3.87.